The number of H-pyrrole nitrogens is 1. The van der Waals surface area contributed by atoms with Gasteiger partial charge in [-0.05, 0) is 56.0 Å². The maximum Gasteiger partial charge on any atom is 0.254 e. The Kier molecular flexibility index (Phi) is 4.23. The molecule has 0 spiro atoms. The highest BCUT2D eigenvalue weighted by molar-refractivity contribution is 6.06. The number of pyridine rings is 1. The molecule has 26 heavy (non-hydrogen) atoms. The number of benzene rings is 1. The summed E-state index contributed by atoms with van der Waals surface area (Å²) < 4.78 is 0. The minimum absolute atomic E-state index is 0.0105. The fourth-order valence-corrected chi connectivity index (χ4v) is 3.38. The highest BCUT2D eigenvalue weighted by Crippen LogP contribution is 2.39. The van der Waals surface area contributed by atoms with Crippen LogP contribution in [0.15, 0.2) is 30.3 Å². The lowest BCUT2D eigenvalue weighted by Crippen LogP contribution is -2.26. The number of carbonyl (C=O) groups excluding carboxylic acids is 1. The molecule has 1 aliphatic rings. The molecule has 2 aromatic heterocycles. The van der Waals surface area contributed by atoms with Crippen LogP contribution in [0.5, 0.6) is 0 Å². The fourth-order valence-electron chi connectivity index (χ4n) is 3.38. The second kappa shape index (κ2) is 6.56. The van der Waals surface area contributed by atoms with Crippen LogP contribution in [0.2, 0.25) is 0 Å². The third-order valence-electron chi connectivity index (χ3n) is 5.04. The first-order chi connectivity index (χ1) is 12.5. The Bertz CT molecular complexity index is 971. The second-order valence-corrected chi connectivity index (χ2v) is 7.27. The number of nitrogens with zero attached hydrogens (tertiary/aromatic N) is 3. The van der Waals surface area contributed by atoms with E-state index in [0.29, 0.717) is 18.0 Å². The normalized spacial score (nSPS) is 14.0. The van der Waals surface area contributed by atoms with Crippen LogP contribution < -0.4 is 0 Å². The van der Waals surface area contributed by atoms with Crippen molar-refractivity contribution in [1.82, 2.24) is 20.1 Å². The van der Waals surface area contributed by atoms with E-state index in [9.17, 15) is 4.79 Å². The zero-order valence-corrected chi connectivity index (χ0v) is 15.5. The van der Waals surface area contributed by atoms with Gasteiger partial charge in [-0.3, -0.25) is 14.9 Å². The van der Waals surface area contributed by atoms with E-state index in [0.717, 1.165) is 34.4 Å². The molecular formula is C21H24N4O. The number of hydrogen-bond donors (Lipinski definition) is 1. The van der Waals surface area contributed by atoms with Gasteiger partial charge in [0.15, 0.2) is 0 Å². The summed E-state index contributed by atoms with van der Waals surface area (Å²) in [7, 11) is 1.84. The number of aryl methyl sites for hydroxylation is 2. The maximum atomic E-state index is 13.1. The number of aromatic amines is 1. The molecule has 134 valence electrons. The van der Waals surface area contributed by atoms with Crippen molar-refractivity contribution in [3.63, 3.8) is 0 Å². The zero-order valence-electron chi connectivity index (χ0n) is 15.5. The van der Waals surface area contributed by atoms with Crippen LogP contribution >= 0.6 is 0 Å². The van der Waals surface area contributed by atoms with Crippen molar-refractivity contribution in [2.75, 3.05) is 7.05 Å². The predicted octanol–water partition coefficient (Wildman–Crippen LogP) is 3.98. The highest BCUT2D eigenvalue weighted by atomic mass is 16.2. The second-order valence-electron chi connectivity index (χ2n) is 7.27. The SMILES string of the molecule is CCc1ccc2nc(C)cc(C(=O)N(C)Cc3cc(C4CC4)n[nH]3)c2c1. The molecule has 5 heteroatoms. The molecule has 0 saturated heterocycles. The summed E-state index contributed by atoms with van der Waals surface area (Å²) >= 11 is 0. The lowest BCUT2D eigenvalue weighted by molar-refractivity contribution is 0.0785. The molecule has 1 amide bonds. The van der Waals surface area contributed by atoms with E-state index in [4.69, 9.17) is 0 Å². The van der Waals surface area contributed by atoms with Crippen molar-refractivity contribution in [2.24, 2.45) is 0 Å². The van der Waals surface area contributed by atoms with E-state index in [1.165, 1.54) is 18.4 Å². The Morgan fingerprint density at radius 1 is 1.27 bits per heavy atom. The number of hydrogen-bond acceptors (Lipinski definition) is 3. The van der Waals surface area contributed by atoms with Gasteiger partial charge in [-0.1, -0.05) is 13.0 Å². The van der Waals surface area contributed by atoms with Crippen molar-refractivity contribution < 1.29 is 4.79 Å². The summed E-state index contributed by atoms with van der Waals surface area (Å²) in [4.78, 5) is 19.5. The van der Waals surface area contributed by atoms with Gasteiger partial charge in [0.1, 0.15) is 0 Å². The summed E-state index contributed by atoms with van der Waals surface area (Å²) in [5, 5.41) is 8.38. The average Bonchev–Trinajstić information content (AvgIpc) is 3.39. The third-order valence-corrected chi connectivity index (χ3v) is 5.04. The smallest absolute Gasteiger partial charge is 0.254 e. The summed E-state index contributed by atoms with van der Waals surface area (Å²) in [5.74, 6) is 0.622. The van der Waals surface area contributed by atoms with Gasteiger partial charge in [0, 0.05) is 24.0 Å². The quantitative estimate of drug-likeness (QED) is 0.759. The molecule has 3 aromatic rings. The van der Waals surface area contributed by atoms with Crippen LogP contribution in [0.25, 0.3) is 10.9 Å². The molecule has 2 heterocycles. The molecule has 1 aromatic carbocycles. The van der Waals surface area contributed by atoms with Crippen LogP contribution in [-0.4, -0.2) is 33.0 Å². The molecular weight excluding hydrogens is 324 g/mol. The van der Waals surface area contributed by atoms with Crippen LogP contribution in [0.1, 0.15) is 58.7 Å². The lowest BCUT2D eigenvalue weighted by Gasteiger charge is -2.18. The Hall–Kier alpha value is -2.69. The Balaban J connectivity index is 1.63. The van der Waals surface area contributed by atoms with E-state index < -0.39 is 0 Å². The molecule has 4 rings (SSSR count). The van der Waals surface area contributed by atoms with Crippen LogP contribution in [0.4, 0.5) is 0 Å². The topological polar surface area (TPSA) is 61.9 Å². The molecule has 0 unspecified atom stereocenters. The molecule has 1 saturated carbocycles. The zero-order chi connectivity index (χ0) is 18.3. The first kappa shape index (κ1) is 16.8. The molecule has 1 fully saturated rings. The minimum Gasteiger partial charge on any atom is -0.336 e. The first-order valence-electron chi connectivity index (χ1n) is 9.25. The van der Waals surface area contributed by atoms with Gasteiger partial charge in [-0.25, -0.2) is 0 Å². The van der Waals surface area contributed by atoms with E-state index in [1.807, 2.05) is 26.1 Å². The Morgan fingerprint density at radius 2 is 2.08 bits per heavy atom. The first-order valence-corrected chi connectivity index (χ1v) is 9.25. The Morgan fingerprint density at radius 3 is 2.81 bits per heavy atom. The number of carbonyl (C=O) groups is 1. The third kappa shape index (κ3) is 3.21. The molecule has 0 atom stereocenters. The van der Waals surface area contributed by atoms with Gasteiger partial charge < -0.3 is 4.90 Å². The van der Waals surface area contributed by atoms with Gasteiger partial charge in [0.05, 0.1) is 29.0 Å². The minimum atomic E-state index is 0.0105. The number of fused-ring (bicyclic) bond motifs is 1. The van der Waals surface area contributed by atoms with Crippen molar-refractivity contribution in [3.05, 3.63) is 58.5 Å². The molecule has 5 nitrogen and oxygen atoms in total. The van der Waals surface area contributed by atoms with Crippen LogP contribution in [-0.2, 0) is 13.0 Å². The van der Waals surface area contributed by atoms with Crippen molar-refractivity contribution in [2.45, 2.75) is 45.6 Å². The maximum absolute atomic E-state index is 13.1. The summed E-state index contributed by atoms with van der Waals surface area (Å²) in [6, 6.07) is 10.2. The summed E-state index contributed by atoms with van der Waals surface area (Å²) in [6.45, 7) is 4.57. The van der Waals surface area contributed by atoms with Gasteiger partial charge in [-0.15, -0.1) is 0 Å². The van der Waals surface area contributed by atoms with Crippen molar-refractivity contribution >= 4 is 16.8 Å². The number of rotatable bonds is 5. The summed E-state index contributed by atoms with van der Waals surface area (Å²) in [6.07, 6.45) is 3.38. The molecule has 1 aliphatic carbocycles. The number of amides is 1. The van der Waals surface area contributed by atoms with Crippen molar-refractivity contribution in [3.8, 4) is 0 Å². The average molecular weight is 348 g/mol. The number of aromatic nitrogens is 3. The monoisotopic (exact) mass is 348 g/mol. The van der Waals surface area contributed by atoms with Gasteiger partial charge in [0.25, 0.3) is 5.91 Å². The summed E-state index contributed by atoms with van der Waals surface area (Å²) in [5.41, 5.74) is 5.76. The molecule has 0 bridgehead atoms. The molecule has 0 radical (unpaired) electrons. The number of nitrogens with one attached hydrogen (secondary N) is 1. The standard InChI is InChI=1S/C21H24N4O/c1-4-14-5-8-19-17(10-14)18(9-13(2)22-19)21(26)25(3)12-16-11-20(24-23-16)15-6-7-15/h5,8-11,15H,4,6-7,12H2,1-3H3,(H,23,24). The largest absolute Gasteiger partial charge is 0.336 e. The van der Waals surface area contributed by atoms with E-state index in [1.54, 1.807) is 4.90 Å². The Labute approximate surface area is 153 Å². The lowest BCUT2D eigenvalue weighted by atomic mass is 10.0. The van der Waals surface area contributed by atoms with Gasteiger partial charge in [-0.2, -0.15) is 5.10 Å². The van der Waals surface area contributed by atoms with Crippen LogP contribution in [0.3, 0.4) is 0 Å². The highest BCUT2D eigenvalue weighted by Gasteiger charge is 2.26. The van der Waals surface area contributed by atoms with E-state index >= 15 is 0 Å². The predicted molar refractivity (Wildman–Crippen MR) is 102 cm³/mol. The van der Waals surface area contributed by atoms with Crippen molar-refractivity contribution in [1.29, 1.82) is 0 Å². The van der Waals surface area contributed by atoms with E-state index in [2.05, 4.69) is 40.3 Å². The van der Waals surface area contributed by atoms with Gasteiger partial charge >= 0.3 is 0 Å². The molecule has 1 N–H and O–H groups in total. The van der Waals surface area contributed by atoms with E-state index in [-0.39, 0.29) is 5.91 Å². The molecule has 0 aliphatic heterocycles. The fraction of sp³-hybridized carbons (Fsp3) is 0.381. The van der Waals surface area contributed by atoms with Gasteiger partial charge in [0.2, 0.25) is 0 Å². The van der Waals surface area contributed by atoms with Crippen LogP contribution in [0, 0.1) is 6.92 Å².